The van der Waals surface area contributed by atoms with Gasteiger partial charge in [-0.3, -0.25) is 14.4 Å². The van der Waals surface area contributed by atoms with Crippen LogP contribution in [-0.2, 0) is 28.6 Å². The Balaban J connectivity index is 4.41. The largest absolute Gasteiger partial charge is 0.462 e. The number of rotatable bonds is 49. The molecule has 6 nitrogen and oxygen atoms in total. The summed E-state index contributed by atoms with van der Waals surface area (Å²) in [5.74, 6) is -0.965. The van der Waals surface area contributed by atoms with E-state index in [1.165, 1.54) is 167 Å². The second-order valence-corrected chi connectivity index (χ2v) is 18.2. The van der Waals surface area contributed by atoms with Crippen molar-refractivity contribution in [3.63, 3.8) is 0 Å². The number of carbonyl (C=O) groups excluding carboxylic acids is 3. The van der Waals surface area contributed by atoms with Crippen LogP contribution >= 0.6 is 0 Å². The molecule has 0 heterocycles. The van der Waals surface area contributed by atoms with Crippen LogP contribution < -0.4 is 0 Å². The smallest absolute Gasteiger partial charge is 0.306 e. The van der Waals surface area contributed by atoms with Crippen molar-refractivity contribution in [1.29, 1.82) is 0 Å². The predicted molar refractivity (Wildman–Crippen MR) is 270 cm³/mol. The third kappa shape index (κ3) is 50.2. The number of carbonyl (C=O) groups is 3. The lowest BCUT2D eigenvalue weighted by atomic mass is 10.0. The van der Waals surface area contributed by atoms with E-state index in [1.54, 1.807) is 0 Å². The number of allylic oxidation sites excluding steroid dienone is 8. The molecule has 0 aromatic heterocycles. The van der Waals surface area contributed by atoms with Gasteiger partial charge in [-0.2, -0.15) is 0 Å². The lowest BCUT2D eigenvalue weighted by molar-refractivity contribution is -0.166. The van der Waals surface area contributed by atoms with Gasteiger partial charge in [0.25, 0.3) is 0 Å². The summed E-state index contributed by atoms with van der Waals surface area (Å²) in [6.45, 7) is 6.56. The highest BCUT2D eigenvalue weighted by atomic mass is 16.6. The molecular weight excluding hydrogens is 781 g/mol. The average Bonchev–Trinajstić information content (AvgIpc) is 3.28. The first kappa shape index (κ1) is 60.4. The third-order valence-corrected chi connectivity index (χ3v) is 11.8. The first-order chi connectivity index (χ1) is 31.0. The Morgan fingerprint density at radius 1 is 0.333 bits per heavy atom. The SMILES string of the molecule is CCCCC/C=C/C=C/CCCCCCCCC(=O)OC(COC(=O)CC/C=C/C/C=C/CCCCCCCC)COC(=O)CCCCCCCCCCCCCCCCCCC. The van der Waals surface area contributed by atoms with Gasteiger partial charge < -0.3 is 14.2 Å². The second-order valence-electron chi connectivity index (χ2n) is 18.2. The standard InChI is InChI=1S/C57H102O6/c1-4-7-10-13-16-19-22-25-27-28-30-32-35-38-41-44-47-50-56(59)62-53-54(52-61-55(58)49-46-43-40-37-34-31-24-21-18-15-12-9-6-3)63-57(60)51-48-45-42-39-36-33-29-26-23-20-17-14-11-8-5-2/h17,20,23,26,31,34,40,43,54H,4-16,18-19,21-22,24-25,27-30,32-33,35-39,41-42,44-53H2,1-3H3/b20-17+,26-23+,34-31+,43-40+. The minimum Gasteiger partial charge on any atom is -0.462 e. The van der Waals surface area contributed by atoms with Gasteiger partial charge in [-0.05, 0) is 64.2 Å². The van der Waals surface area contributed by atoms with Crippen molar-refractivity contribution in [2.24, 2.45) is 0 Å². The van der Waals surface area contributed by atoms with Crippen LogP contribution in [0, 0.1) is 0 Å². The van der Waals surface area contributed by atoms with E-state index in [0.717, 1.165) is 64.2 Å². The number of ether oxygens (including phenoxy) is 3. The molecule has 1 atom stereocenters. The lowest BCUT2D eigenvalue weighted by Crippen LogP contribution is -2.30. The van der Waals surface area contributed by atoms with Crippen LogP contribution in [0.1, 0.15) is 278 Å². The first-order valence-corrected chi connectivity index (χ1v) is 27.2. The summed E-state index contributed by atoms with van der Waals surface area (Å²) in [6.07, 6.45) is 62.5. The van der Waals surface area contributed by atoms with E-state index < -0.39 is 6.10 Å². The number of esters is 3. The molecule has 0 radical (unpaired) electrons. The molecule has 366 valence electrons. The molecule has 0 aliphatic carbocycles. The van der Waals surface area contributed by atoms with Crippen molar-refractivity contribution >= 4 is 17.9 Å². The molecule has 0 N–H and O–H groups in total. The highest BCUT2D eigenvalue weighted by Crippen LogP contribution is 2.16. The van der Waals surface area contributed by atoms with Gasteiger partial charge in [-0.25, -0.2) is 0 Å². The van der Waals surface area contributed by atoms with Crippen molar-refractivity contribution in [1.82, 2.24) is 0 Å². The van der Waals surface area contributed by atoms with Crippen LogP contribution in [0.25, 0.3) is 0 Å². The second kappa shape index (κ2) is 52.0. The zero-order valence-corrected chi connectivity index (χ0v) is 41.8. The summed E-state index contributed by atoms with van der Waals surface area (Å²) < 4.78 is 16.8. The van der Waals surface area contributed by atoms with Crippen molar-refractivity contribution in [2.45, 2.75) is 284 Å². The maximum Gasteiger partial charge on any atom is 0.306 e. The predicted octanol–water partition coefficient (Wildman–Crippen LogP) is 17.9. The van der Waals surface area contributed by atoms with Gasteiger partial charge in [0.05, 0.1) is 0 Å². The summed E-state index contributed by atoms with van der Waals surface area (Å²) in [4.78, 5) is 38.0. The summed E-state index contributed by atoms with van der Waals surface area (Å²) in [7, 11) is 0. The molecule has 0 saturated heterocycles. The summed E-state index contributed by atoms with van der Waals surface area (Å²) in [5, 5.41) is 0. The Labute approximate surface area is 390 Å². The van der Waals surface area contributed by atoms with Crippen LogP contribution in [0.3, 0.4) is 0 Å². The normalized spacial score (nSPS) is 12.4. The maximum atomic E-state index is 12.8. The molecule has 0 fully saturated rings. The summed E-state index contributed by atoms with van der Waals surface area (Å²) >= 11 is 0. The van der Waals surface area contributed by atoms with Crippen molar-refractivity contribution < 1.29 is 28.6 Å². The van der Waals surface area contributed by atoms with E-state index >= 15 is 0 Å². The molecule has 0 aromatic carbocycles. The van der Waals surface area contributed by atoms with Gasteiger partial charge in [0.2, 0.25) is 0 Å². The zero-order chi connectivity index (χ0) is 45.8. The fraction of sp³-hybridized carbons (Fsp3) is 0.807. The minimum absolute atomic E-state index is 0.0924. The molecule has 6 heteroatoms. The lowest BCUT2D eigenvalue weighted by Gasteiger charge is -2.18. The quantitative estimate of drug-likeness (QED) is 0.0199. The molecule has 1 unspecified atom stereocenters. The van der Waals surface area contributed by atoms with Crippen LogP contribution in [0.4, 0.5) is 0 Å². The van der Waals surface area contributed by atoms with Crippen molar-refractivity contribution in [2.75, 3.05) is 13.2 Å². The molecule has 0 bridgehead atoms. The van der Waals surface area contributed by atoms with Gasteiger partial charge >= 0.3 is 17.9 Å². The van der Waals surface area contributed by atoms with Gasteiger partial charge in [0.1, 0.15) is 13.2 Å². The van der Waals surface area contributed by atoms with E-state index in [4.69, 9.17) is 14.2 Å². The molecule has 0 aliphatic rings. The summed E-state index contributed by atoms with van der Waals surface area (Å²) in [6, 6.07) is 0. The van der Waals surface area contributed by atoms with Crippen LogP contribution in [0.15, 0.2) is 48.6 Å². The number of hydrogen-bond donors (Lipinski definition) is 0. The van der Waals surface area contributed by atoms with Gasteiger partial charge in [-0.1, -0.05) is 243 Å². The average molecular weight is 883 g/mol. The van der Waals surface area contributed by atoms with Gasteiger partial charge in [0.15, 0.2) is 6.10 Å². The Hall–Kier alpha value is -2.63. The fourth-order valence-corrected chi connectivity index (χ4v) is 7.72. The zero-order valence-electron chi connectivity index (χ0n) is 41.8. The maximum absolute atomic E-state index is 12.8. The monoisotopic (exact) mass is 883 g/mol. The van der Waals surface area contributed by atoms with E-state index in [9.17, 15) is 14.4 Å². The molecule has 0 aliphatic heterocycles. The van der Waals surface area contributed by atoms with E-state index in [0.29, 0.717) is 19.3 Å². The highest BCUT2D eigenvalue weighted by Gasteiger charge is 2.19. The Morgan fingerprint density at radius 2 is 0.651 bits per heavy atom. The van der Waals surface area contributed by atoms with Crippen molar-refractivity contribution in [3.8, 4) is 0 Å². The van der Waals surface area contributed by atoms with Crippen LogP contribution in [-0.4, -0.2) is 37.2 Å². The van der Waals surface area contributed by atoms with E-state index in [1.807, 2.05) is 6.08 Å². The van der Waals surface area contributed by atoms with E-state index in [2.05, 4.69) is 63.3 Å². The topological polar surface area (TPSA) is 78.9 Å². The summed E-state index contributed by atoms with van der Waals surface area (Å²) in [5.41, 5.74) is 0. The molecule has 0 aromatic rings. The van der Waals surface area contributed by atoms with Gasteiger partial charge in [-0.15, -0.1) is 0 Å². The van der Waals surface area contributed by atoms with Gasteiger partial charge in [0, 0.05) is 19.3 Å². The molecule has 0 saturated carbocycles. The van der Waals surface area contributed by atoms with Crippen molar-refractivity contribution in [3.05, 3.63) is 48.6 Å². The molecular formula is C57H102O6. The Kier molecular flexibility index (Phi) is 49.8. The Bertz CT molecular complexity index is 1110. The fourth-order valence-electron chi connectivity index (χ4n) is 7.72. The molecule has 0 rings (SSSR count). The molecule has 0 amide bonds. The molecule has 63 heavy (non-hydrogen) atoms. The molecule has 0 spiro atoms. The first-order valence-electron chi connectivity index (χ1n) is 27.2. The number of unbranched alkanes of at least 4 members (excludes halogenated alkanes) is 31. The highest BCUT2D eigenvalue weighted by molar-refractivity contribution is 5.71. The van der Waals surface area contributed by atoms with Crippen LogP contribution in [0.2, 0.25) is 0 Å². The minimum atomic E-state index is -0.799. The third-order valence-electron chi connectivity index (χ3n) is 11.8. The van der Waals surface area contributed by atoms with Crippen LogP contribution in [0.5, 0.6) is 0 Å². The number of hydrogen-bond acceptors (Lipinski definition) is 6. The Morgan fingerprint density at radius 3 is 1.10 bits per heavy atom. The van der Waals surface area contributed by atoms with E-state index in [-0.39, 0.29) is 37.5 Å².